The van der Waals surface area contributed by atoms with E-state index in [2.05, 4.69) is 16.7 Å². The van der Waals surface area contributed by atoms with Crippen molar-refractivity contribution < 1.29 is 14.3 Å². The molecule has 0 spiro atoms. The van der Waals surface area contributed by atoms with Crippen LogP contribution in [0.2, 0.25) is 0 Å². The van der Waals surface area contributed by atoms with Crippen molar-refractivity contribution in [3.05, 3.63) is 23.7 Å². The maximum atomic E-state index is 11.6. The fraction of sp³-hybridized carbons (Fsp3) is 0.583. The van der Waals surface area contributed by atoms with Crippen LogP contribution in [-0.2, 0) is 14.3 Å². The summed E-state index contributed by atoms with van der Waals surface area (Å²) in [4.78, 5) is 11.6. The zero-order valence-electron chi connectivity index (χ0n) is 9.83. The minimum Gasteiger partial charge on any atom is -0.494 e. The SMILES string of the molecule is O=C(NCCC1=CCNCC1)C1=COCCO1. The van der Waals surface area contributed by atoms with Crippen LogP contribution in [0.15, 0.2) is 23.7 Å². The summed E-state index contributed by atoms with van der Waals surface area (Å²) < 4.78 is 10.2. The minimum atomic E-state index is -0.195. The molecule has 2 N–H and O–H groups in total. The second-order valence-corrected chi connectivity index (χ2v) is 4.02. The molecule has 0 unspecified atom stereocenters. The Labute approximate surface area is 101 Å². The Bertz CT molecular complexity index is 337. The second-order valence-electron chi connectivity index (χ2n) is 4.02. The maximum absolute atomic E-state index is 11.6. The normalized spacial score (nSPS) is 19.5. The van der Waals surface area contributed by atoms with Crippen LogP contribution >= 0.6 is 0 Å². The van der Waals surface area contributed by atoms with E-state index >= 15 is 0 Å². The third kappa shape index (κ3) is 3.78. The number of ether oxygens (including phenoxy) is 2. The molecule has 0 radical (unpaired) electrons. The standard InChI is InChI=1S/C12H18N2O3/c15-12(11-9-16-7-8-17-11)14-6-3-10-1-4-13-5-2-10/h1,9,13H,2-8H2,(H,14,15). The zero-order valence-corrected chi connectivity index (χ0v) is 9.83. The first-order valence-corrected chi connectivity index (χ1v) is 5.97. The average Bonchev–Trinajstić information content (AvgIpc) is 2.41. The van der Waals surface area contributed by atoms with Crippen LogP contribution in [0, 0.1) is 0 Å². The number of hydrogen-bond acceptors (Lipinski definition) is 4. The van der Waals surface area contributed by atoms with Gasteiger partial charge in [0.2, 0.25) is 5.76 Å². The first-order valence-electron chi connectivity index (χ1n) is 5.97. The molecule has 2 rings (SSSR count). The van der Waals surface area contributed by atoms with Crippen molar-refractivity contribution in [1.82, 2.24) is 10.6 Å². The van der Waals surface area contributed by atoms with Gasteiger partial charge in [-0.1, -0.05) is 11.6 Å². The van der Waals surface area contributed by atoms with Crippen LogP contribution in [0.1, 0.15) is 12.8 Å². The number of carbonyl (C=O) groups is 1. The molecule has 2 aliphatic rings. The Morgan fingerprint density at radius 2 is 2.41 bits per heavy atom. The molecule has 5 nitrogen and oxygen atoms in total. The van der Waals surface area contributed by atoms with Gasteiger partial charge in [0.1, 0.15) is 19.5 Å². The second kappa shape index (κ2) is 6.30. The summed E-state index contributed by atoms with van der Waals surface area (Å²) in [6, 6.07) is 0. The van der Waals surface area contributed by atoms with Gasteiger partial charge >= 0.3 is 0 Å². The third-order valence-corrected chi connectivity index (χ3v) is 2.76. The summed E-state index contributed by atoms with van der Waals surface area (Å²) in [7, 11) is 0. The molecule has 0 saturated heterocycles. The number of rotatable bonds is 4. The van der Waals surface area contributed by atoms with Gasteiger partial charge in [-0.3, -0.25) is 4.79 Å². The molecule has 0 aliphatic carbocycles. The van der Waals surface area contributed by atoms with E-state index in [-0.39, 0.29) is 11.7 Å². The van der Waals surface area contributed by atoms with Gasteiger partial charge in [-0.25, -0.2) is 0 Å². The van der Waals surface area contributed by atoms with Gasteiger partial charge in [0.25, 0.3) is 5.91 Å². The highest BCUT2D eigenvalue weighted by atomic mass is 16.6. The lowest BCUT2D eigenvalue weighted by Gasteiger charge is -2.16. The molecule has 0 fully saturated rings. The van der Waals surface area contributed by atoms with Gasteiger partial charge in [0.15, 0.2) is 0 Å². The van der Waals surface area contributed by atoms with E-state index in [4.69, 9.17) is 9.47 Å². The predicted octanol–water partition coefficient (Wildman–Crippen LogP) is 0.301. The van der Waals surface area contributed by atoms with E-state index in [0.717, 1.165) is 25.9 Å². The smallest absolute Gasteiger partial charge is 0.289 e. The van der Waals surface area contributed by atoms with Crippen molar-refractivity contribution >= 4 is 5.91 Å². The predicted molar refractivity (Wildman–Crippen MR) is 63.2 cm³/mol. The number of hydrogen-bond donors (Lipinski definition) is 2. The summed E-state index contributed by atoms with van der Waals surface area (Å²) in [6.07, 6.45) is 5.54. The van der Waals surface area contributed by atoms with Gasteiger partial charge in [-0.2, -0.15) is 0 Å². The fourth-order valence-corrected chi connectivity index (χ4v) is 1.81. The van der Waals surface area contributed by atoms with Crippen LogP contribution in [0.3, 0.4) is 0 Å². The zero-order chi connectivity index (χ0) is 11.9. The molecule has 0 atom stereocenters. The van der Waals surface area contributed by atoms with E-state index < -0.39 is 0 Å². The summed E-state index contributed by atoms with van der Waals surface area (Å²) in [6.45, 7) is 3.56. The molecule has 0 saturated carbocycles. The molecular weight excluding hydrogens is 220 g/mol. The topological polar surface area (TPSA) is 59.6 Å². The van der Waals surface area contributed by atoms with Crippen molar-refractivity contribution in [3.8, 4) is 0 Å². The highest BCUT2D eigenvalue weighted by Gasteiger charge is 2.14. The first kappa shape index (κ1) is 12.0. The largest absolute Gasteiger partial charge is 0.494 e. The highest BCUT2D eigenvalue weighted by molar-refractivity contribution is 5.91. The Hall–Kier alpha value is -1.49. The molecule has 94 valence electrons. The van der Waals surface area contributed by atoms with E-state index in [1.54, 1.807) is 0 Å². The lowest BCUT2D eigenvalue weighted by Crippen LogP contribution is -2.30. The summed E-state index contributed by atoms with van der Waals surface area (Å²) in [5.74, 6) is 0.0785. The van der Waals surface area contributed by atoms with Gasteiger partial charge in [-0.15, -0.1) is 0 Å². The summed E-state index contributed by atoms with van der Waals surface area (Å²) >= 11 is 0. The number of nitrogens with one attached hydrogen (secondary N) is 2. The average molecular weight is 238 g/mol. The van der Waals surface area contributed by atoms with Crippen LogP contribution < -0.4 is 10.6 Å². The van der Waals surface area contributed by atoms with E-state index in [1.807, 2.05) is 0 Å². The van der Waals surface area contributed by atoms with Crippen molar-refractivity contribution in [1.29, 1.82) is 0 Å². The van der Waals surface area contributed by atoms with Crippen LogP contribution in [0.4, 0.5) is 0 Å². The molecule has 2 aliphatic heterocycles. The highest BCUT2D eigenvalue weighted by Crippen LogP contribution is 2.08. The van der Waals surface area contributed by atoms with Crippen molar-refractivity contribution in [2.75, 3.05) is 32.8 Å². The quantitative estimate of drug-likeness (QED) is 0.692. The Morgan fingerprint density at radius 3 is 3.12 bits per heavy atom. The Morgan fingerprint density at radius 1 is 1.47 bits per heavy atom. The Balaban J connectivity index is 1.69. The van der Waals surface area contributed by atoms with Crippen LogP contribution in [0.25, 0.3) is 0 Å². The molecule has 1 amide bonds. The number of carbonyl (C=O) groups excluding carboxylic acids is 1. The van der Waals surface area contributed by atoms with Gasteiger partial charge < -0.3 is 20.1 Å². The summed E-state index contributed by atoms with van der Waals surface area (Å²) in [5, 5.41) is 6.08. The monoisotopic (exact) mass is 238 g/mol. The van der Waals surface area contributed by atoms with Gasteiger partial charge in [-0.05, 0) is 19.4 Å². The van der Waals surface area contributed by atoms with Crippen LogP contribution in [0.5, 0.6) is 0 Å². The molecule has 0 aromatic carbocycles. The lowest BCUT2D eigenvalue weighted by atomic mass is 10.1. The third-order valence-electron chi connectivity index (χ3n) is 2.76. The minimum absolute atomic E-state index is 0.195. The summed E-state index contributed by atoms with van der Waals surface area (Å²) in [5.41, 5.74) is 1.40. The van der Waals surface area contributed by atoms with E-state index in [9.17, 15) is 4.79 Å². The van der Waals surface area contributed by atoms with Crippen molar-refractivity contribution in [2.45, 2.75) is 12.8 Å². The number of amides is 1. The lowest BCUT2D eigenvalue weighted by molar-refractivity contribution is -0.122. The van der Waals surface area contributed by atoms with Crippen molar-refractivity contribution in [2.24, 2.45) is 0 Å². The van der Waals surface area contributed by atoms with Gasteiger partial charge in [0, 0.05) is 13.1 Å². The molecule has 0 aromatic heterocycles. The van der Waals surface area contributed by atoms with E-state index in [0.29, 0.717) is 19.8 Å². The van der Waals surface area contributed by atoms with Crippen LogP contribution in [-0.4, -0.2) is 38.8 Å². The van der Waals surface area contributed by atoms with E-state index in [1.165, 1.54) is 11.8 Å². The molecule has 5 heteroatoms. The van der Waals surface area contributed by atoms with Crippen molar-refractivity contribution in [3.63, 3.8) is 0 Å². The first-order chi connectivity index (χ1) is 8.36. The fourth-order valence-electron chi connectivity index (χ4n) is 1.81. The Kier molecular flexibility index (Phi) is 4.44. The van der Waals surface area contributed by atoms with Gasteiger partial charge in [0.05, 0.1) is 0 Å². The molecule has 0 bridgehead atoms. The molecule has 2 heterocycles. The molecular formula is C12H18N2O3. The maximum Gasteiger partial charge on any atom is 0.289 e. The molecule has 0 aromatic rings. The molecule has 17 heavy (non-hydrogen) atoms.